The van der Waals surface area contributed by atoms with Gasteiger partial charge in [0.1, 0.15) is 0 Å². The number of rotatable bonds is 6. The summed E-state index contributed by atoms with van der Waals surface area (Å²) in [4.78, 5) is 27.0. The lowest BCUT2D eigenvalue weighted by atomic mass is 10.1. The van der Waals surface area contributed by atoms with E-state index < -0.39 is 11.8 Å². The number of aromatic nitrogens is 1. The van der Waals surface area contributed by atoms with Crippen molar-refractivity contribution >= 4 is 22.7 Å². The first-order chi connectivity index (χ1) is 12.7. The minimum absolute atomic E-state index is 0.294. The van der Waals surface area contributed by atoms with Crippen LogP contribution in [0, 0.1) is 0 Å². The molecule has 26 heavy (non-hydrogen) atoms. The summed E-state index contributed by atoms with van der Waals surface area (Å²) >= 11 is 0. The fraction of sp³-hybridized carbons (Fsp3) is 0.200. The smallest absolute Gasteiger partial charge is 0.309 e. The maximum atomic E-state index is 11.9. The van der Waals surface area contributed by atoms with Gasteiger partial charge in [-0.25, -0.2) is 0 Å². The van der Waals surface area contributed by atoms with Gasteiger partial charge in [-0.15, -0.1) is 0 Å². The number of carbonyl (C=O) groups is 2. The zero-order chi connectivity index (χ0) is 18.4. The predicted molar refractivity (Wildman–Crippen MR) is 101 cm³/mol. The molecule has 0 aliphatic carbocycles. The van der Waals surface area contributed by atoms with E-state index in [0.717, 1.165) is 27.6 Å². The van der Waals surface area contributed by atoms with Gasteiger partial charge in [0.05, 0.1) is 0 Å². The van der Waals surface area contributed by atoms with E-state index in [-0.39, 0.29) is 0 Å². The molecule has 0 aliphatic rings. The van der Waals surface area contributed by atoms with Gasteiger partial charge < -0.3 is 21.4 Å². The molecule has 3 rings (SSSR count). The van der Waals surface area contributed by atoms with Crippen molar-refractivity contribution < 1.29 is 9.59 Å². The van der Waals surface area contributed by atoms with Crippen molar-refractivity contribution in [1.29, 1.82) is 0 Å². The summed E-state index contributed by atoms with van der Waals surface area (Å²) < 4.78 is 0. The Morgan fingerprint density at radius 3 is 2.58 bits per heavy atom. The highest BCUT2D eigenvalue weighted by Crippen LogP contribution is 2.17. The van der Waals surface area contributed by atoms with Crippen LogP contribution in [-0.2, 0) is 29.1 Å². The van der Waals surface area contributed by atoms with Crippen molar-refractivity contribution in [2.24, 2.45) is 5.73 Å². The molecular weight excluding hydrogens is 328 g/mol. The Morgan fingerprint density at radius 1 is 0.962 bits per heavy atom. The summed E-state index contributed by atoms with van der Waals surface area (Å²) in [6.07, 6.45) is 2.59. The number of aromatic amines is 1. The number of amides is 2. The molecule has 0 saturated heterocycles. The molecule has 3 aromatic rings. The number of hydrogen-bond acceptors (Lipinski definition) is 3. The van der Waals surface area contributed by atoms with Gasteiger partial charge in [0, 0.05) is 36.7 Å². The highest BCUT2D eigenvalue weighted by Gasteiger charge is 2.13. The zero-order valence-corrected chi connectivity index (χ0v) is 14.4. The molecule has 6 nitrogen and oxygen atoms in total. The Labute approximate surface area is 151 Å². The zero-order valence-electron chi connectivity index (χ0n) is 14.4. The monoisotopic (exact) mass is 350 g/mol. The molecule has 5 N–H and O–H groups in total. The van der Waals surface area contributed by atoms with E-state index in [1.54, 1.807) is 0 Å². The Morgan fingerprint density at radius 2 is 1.73 bits per heavy atom. The van der Waals surface area contributed by atoms with Crippen LogP contribution in [0.25, 0.3) is 10.9 Å². The molecule has 0 unspecified atom stereocenters. The van der Waals surface area contributed by atoms with E-state index >= 15 is 0 Å². The minimum Gasteiger partial charge on any atom is -0.361 e. The molecule has 1 heterocycles. The van der Waals surface area contributed by atoms with Crippen LogP contribution in [0.15, 0.2) is 54.7 Å². The van der Waals surface area contributed by atoms with Crippen LogP contribution in [0.1, 0.15) is 16.7 Å². The number of H-pyrrole nitrogens is 1. The first-order valence-electron chi connectivity index (χ1n) is 8.56. The Balaban J connectivity index is 1.46. The third-order valence-corrected chi connectivity index (χ3v) is 4.24. The number of nitrogens with two attached hydrogens (primary N) is 1. The topological polar surface area (TPSA) is 100 Å². The van der Waals surface area contributed by atoms with Crippen LogP contribution in [0.4, 0.5) is 0 Å². The van der Waals surface area contributed by atoms with Gasteiger partial charge in [-0.05, 0) is 29.2 Å². The molecule has 6 heteroatoms. The molecule has 0 atom stereocenters. The van der Waals surface area contributed by atoms with E-state index in [0.29, 0.717) is 26.1 Å². The number of para-hydroxylation sites is 1. The van der Waals surface area contributed by atoms with Crippen molar-refractivity contribution in [2.75, 3.05) is 6.54 Å². The van der Waals surface area contributed by atoms with Crippen LogP contribution in [0.3, 0.4) is 0 Å². The molecule has 0 bridgehead atoms. The van der Waals surface area contributed by atoms with E-state index in [4.69, 9.17) is 5.73 Å². The van der Waals surface area contributed by atoms with Crippen LogP contribution >= 0.6 is 0 Å². The molecule has 0 fully saturated rings. The van der Waals surface area contributed by atoms with E-state index in [9.17, 15) is 9.59 Å². The standard InChI is InChI=1S/C20H22N4O2/c21-11-14-4-3-5-15(10-14)12-24-20(26)19(25)22-9-8-16-13-23-18-7-2-1-6-17(16)18/h1-7,10,13,23H,8-9,11-12,21H2,(H,22,25)(H,24,26). The van der Waals surface area contributed by atoms with Crippen molar-refractivity contribution in [3.05, 3.63) is 71.4 Å². The Bertz CT molecular complexity index is 917. The maximum absolute atomic E-state index is 11.9. The second-order valence-corrected chi connectivity index (χ2v) is 6.07. The molecule has 2 amide bonds. The lowest BCUT2D eigenvalue weighted by Crippen LogP contribution is -2.40. The molecule has 1 aromatic heterocycles. The predicted octanol–water partition coefficient (Wildman–Crippen LogP) is 1.60. The second kappa shape index (κ2) is 8.31. The Kier molecular flexibility index (Phi) is 5.66. The fourth-order valence-corrected chi connectivity index (χ4v) is 2.86. The van der Waals surface area contributed by atoms with Gasteiger partial charge in [-0.3, -0.25) is 9.59 Å². The second-order valence-electron chi connectivity index (χ2n) is 6.07. The van der Waals surface area contributed by atoms with Gasteiger partial charge in [0.15, 0.2) is 0 Å². The molecule has 0 aliphatic heterocycles. The summed E-state index contributed by atoms with van der Waals surface area (Å²) in [6, 6.07) is 15.6. The first kappa shape index (κ1) is 17.7. The average molecular weight is 350 g/mol. The highest BCUT2D eigenvalue weighted by atomic mass is 16.2. The summed E-state index contributed by atoms with van der Waals surface area (Å²) in [5.41, 5.74) is 9.67. The van der Waals surface area contributed by atoms with Crippen LogP contribution < -0.4 is 16.4 Å². The van der Waals surface area contributed by atoms with Crippen LogP contribution in [-0.4, -0.2) is 23.3 Å². The fourth-order valence-electron chi connectivity index (χ4n) is 2.86. The minimum atomic E-state index is -0.637. The normalized spacial score (nSPS) is 10.7. The molecule has 2 aromatic carbocycles. The number of benzene rings is 2. The summed E-state index contributed by atoms with van der Waals surface area (Å²) in [5.74, 6) is -1.26. The van der Waals surface area contributed by atoms with Gasteiger partial charge in [-0.1, -0.05) is 42.5 Å². The van der Waals surface area contributed by atoms with E-state index in [1.807, 2.05) is 54.7 Å². The van der Waals surface area contributed by atoms with Crippen molar-refractivity contribution in [2.45, 2.75) is 19.5 Å². The molecular formula is C20H22N4O2. The third-order valence-electron chi connectivity index (χ3n) is 4.24. The average Bonchev–Trinajstić information content (AvgIpc) is 3.09. The number of hydrogen-bond donors (Lipinski definition) is 4. The maximum Gasteiger partial charge on any atom is 0.309 e. The number of fused-ring (bicyclic) bond motifs is 1. The molecule has 0 spiro atoms. The summed E-state index contributed by atoms with van der Waals surface area (Å²) in [6.45, 7) is 1.13. The molecule has 0 saturated carbocycles. The van der Waals surface area contributed by atoms with Gasteiger partial charge in [0.2, 0.25) is 0 Å². The van der Waals surface area contributed by atoms with Crippen LogP contribution in [0.2, 0.25) is 0 Å². The van der Waals surface area contributed by atoms with Crippen molar-refractivity contribution in [3.8, 4) is 0 Å². The SMILES string of the molecule is NCc1cccc(CNC(=O)C(=O)NCCc2c[nH]c3ccccc23)c1. The quantitative estimate of drug-likeness (QED) is 0.508. The third kappa shape index (κ3) is 4.29. The number of carbonyl (C=O) groups excluding carboxylic acids is 2. The number of nitrogens with one attached hydrogen (secondary N) is 3. The van der Waals surface area contributed by atoms with Crippen LogP contribution in [0.5, 0.6) is 0 Å². The molecule has 0 radical (unpaired) electrons. The lowest BCUT2D eigenvalue weighted by Gasteiger charge is -2.07. The van der Waals surface area contributed by atoms with Gasteiger partial charge in [-0.2, -0.15) is 0 Å². The lowest BCUT2D eigenvalue weighted by molar-refractivity contribution is -0.139. The van der Waals surface area contributed by atoms with Gasteiger partial charge in [0.25, 0.3) is 0 Å². The highest BCUT2D eigenvalue weighted by molar-refractivity contribution is 6.35. The van der Waals surface area contributed by atoms with Crippen molar-refractivity contribution in [1.82, 2.24) is 15.6 Å². The Hall–Kier alpha value is -3.12. The van der Waals surface area contributed by atoms with E-state index in [2.05, 4.69) is 15.6 Å². The largest absolute Gasteiger partial charge is 0.361 e. The van der Waals surface area contributed by atoms with Crippen molar-refractivity contribution in [3.63, 3.8) is 0 Å². The molecule has 134 valence electrons. The summed E-state index contributed by atoms with van der Waals surface area (Å²) in [7, 11) is 0. The van der Waals surface area contributed by atoms with Gasteiger partial charge >= 0.3 is 11.8 Å². The first-order valence-corrected chi connectivity index (χ1v) is 8.56. The summed E-state index contributed by atoms with van der Waals surface area (Å²) in [5, 5.41) is 6.42. The van der Waals surface area contributed by atoms with E-state index in [1.165, 1.54) is 0 Å².